The predicted molar refractivity (Wildman–Crippen MR) is 151 cm³/mol. The Labute approximate surface area is 235 Å². The van der Waals surface area contributed by atoms with E-state index in [1.165, 1.54) is 0 Å². The fourth-order valence-electron chi connectivity index (χ4n) is 5.56. The lowest BCUT2D eigenvalue weighted by Crippen LogP contribution is -2.34. The summed E-state index contributed by atoms with van der Waals surface area (Å²) in [5.74, 6) is 0.625. The maximum Gasteiger partial charge on any atom is 0.336 e. The molecular weight excluding hydrogens is 558 g/mol. The number of rotatable bonds is 6. The Balaban J connectivity index is 1.31. The summed E-state index contributed by atoms with van der Waals surface area (Å²) in [6, 6.07) is 21.8. The maximum absolute atomic E-state index is 13.5. The van der Waals surface area contributed by atoms with Gasteiger partial charge < -0.3 is 19.5 Å². The van der Waals surface area contributed by atoms with Crippen LogP contribution in [-0.4, -0.2) is 25.2 Å². The number of fused-ring (bicyclic) bond motifs is 1. The van der Waals surface area contributed by atoms with E-state index in [1.807, 2.05) is 73.7 Å². The molecule has 3 aliphatic rings. The average Bonchev–Trinajstić information content (AvgIpc) is 3.40. The minimum Gasteiger partial charge on any atom is -0.462 e. The molecule has 6 nitrogen and oxygen atoms in total. The molecule has 0 unspecified atom stereocenters. The van der Waals surface area contributed by atoms with Crippen molar-refractivity contribution in [3.8, 4) is 22.6 Å². The molecule has 6 rings (SSSR count). The Bertz CT molecular complexity index is 1510. The van der Waals surface area contributed by atoms with Gasteiger partial charge in [-0.3, -0.25) is 4.79 Å². The summed E-state index contributed by atoms with van der Waals surface area (Å²) < 4.78 is 17.7. The molecule has 0 radical (unpaired) electrons. The molecule has 1 N–H and O–H groups in total. The van der Waals surface area contributed by atoms with E-state index >= 15 is 0 Å². The quantitative estimate of drug-likeness (QED) is 0.329. The van der Waals surface area contributed by atoms with Gasteiger partial charge in [0.25, 0.3) is 0 Å². The van der Waals surface area contributed by atoms with E-state index < -0.39 is 11.9 Å². The number of hydrogen-bond acceptors (Lipinski definition) is 6. The van der Waals surface area contributed by atoms with Crippen molar-refractivity contribution in [3.63, 3.8) is 0 Å². The van der Waals surface area contributed by atoms with Gasteiger partial charge in [-0.05, 0) is 54.2 Å². The summed E-state index contributed by atoms with van der Waals surface area (Å²) in [4.78, 5) is 26.7. The van der Waals surface area contributed by atoms with Crippen molar-refractivity contribution in [2.75, 3.05) is 13.4 Å². The van der Waals surface area contributed by atoms with Crippen molar-refractivity contribution in [2.45, 2.75) is 38.5 Å². The highest BCUT2D eigenvalue weighted by molar-refractivity contribution is 9.10. The van der Waals surface area contributed by atoms with Gasteiger partial charge >= 0.3 is 5.97 Å². The van der Waals surface area contributed by atoms with Crippen LogP contribution in [0.5, 0.6) is 11.5 Å². The van der Waals surface area contributed by atoms with Gasteiger partial charge in [-0.15, -0.1) is 0 Å². The first-order valence-corrected chi connectivity index (χ1v) is 13.9. The average molecular weight is 586 g/mol. The molecule has 2 aliphatic heterocycles. The van der Waals surface area contributed by atoms with Gasteiger partial charge in [0.15, 0.2) is 17.3 Å². The molecule has 2 heterocycles. The SMILES string of the molecule is CC1=C(C(=O)OCCc2ccccc2)[C@H](c2ccc(-c3cc4c(cc3Br)OCO4)cc2)C2=C(CCCC2=O)N1. The summed E-state index contributed by atoms with van der Waals surface area (Å²) in [7, 11) is 0. The number of esters is 1. The van der Waals surface area contributed by atoms with E-state index in [0.29, 0.717) is 35.5 Å². The fraction of sp³-hybridized carbons (Fsp3) is 0.250. The molecule has 1 aliphatic carbocycles. The summed E-state index contributed by atoms with van der Waals surface area (Å²) in [5, 5.41) is 3.36. The van der Waals surface area contributed by atoms with Crippen LogP contribution in [0.2, 0.25) is 0 Å². The number of ketones is 1. The number of halogens is 1. The van der Waals surface area contributed by atoms with E-state index in [2.05, 4.69) is 21.2 Å². The third kappa shape index (κ3) is 4.99. The molecule has 39 heavy (non-hydrogen) atoms. The summed E-state index contributed by atoms with van der Waals surface area (Å²) >= 11 is 3.65. The van der Waals surface area contributed by atoms with Crippen LogP contribution in [0.1, 0.15) is 43.2 Å². The lowest BCUT2D eigenvalue weighted by Gasteiger charge is -2.34. The van der Waals surface area contributed by atoms with E-state index in [4.69, 9.17) is 14.2 Å². The zero-order chi connectivity index (χ0) is 26.9. The summed E-state index contributed by atoms with van der Waals surface area (Å²) in [6.07, 6.45) is 2.70. The number of carbonyl (C=O) groups is 2. The second-order valence-corrected chi connectivity index (χ2v) is 10.8. The standard InChI is InChI=1S/C32H28BrNO5/c1-19-29(32(36)37-15-14-20-6-3-2-4-7-20)30(31-25(34-19)8-5-9-26(31)35)22-12-10-21(11-13-22)23-16-27-28(17-24(23)33)39-18-38-27/h2-4,6-7,10-13,16-17,30,34H,5,8-9,14-15,18H2,1H3/t30-/m0/s1. The molecule has 0 aromatic heterocycles. The minimum atomic E-state index is -0.479. The number of hydrogen-bond donors (Lipinski definition) is 1. The fourth-order valence-corrected chi connectivity index (χ4v) is 6.12. The van der Waals surface area contributed by atoms with Crippen molar-refractivity contribution in [2.24, 2.45) is 0 Å². The van der Waals surface area contributed by atoms with Gasteiger partial charge in [-0.25, -0.2) is 4.79 Å². The number of allylic oxidation sites excluding steroid dienone is 3. The van der Waals surface area contributed by atoms with Gasteiger partial charge in [-0.1, -0.05) is 70.5 Å². The first-order valence-electron chi connectivity index (χ1n) is 13.1. The molecule has 0 bridgehead atoms. The van der Waals surface area contributed by atoms with Crippen molar-refractivity contribution in [3.05, 3.63) is 105 Å². The second kappa shape index (κ2) is 10.7. The zero-order valence-electron chi connectivity index (χ0n) is 21.6. The first-order chi connectivity index (χ1) is 19.0. The van der Waals surface area contributed by atoms with Gasteiger partial charge in [0.1, 0.15) is 0 Å². The molecule has 7 heteroatoms. The number of benzene rings is 3. The Kier molecular flexibility index (Phi) is 7.00. The highest BCUT2D eigenvalue weighted by atomic mass is 79.9. The monoisotopic (exact) mass is 585 g/mol. The number of dihydropyridines is 1. The van der Waals surface area contributed by atoms with Crippen LogP contribution in [0.15, 0.2) is 93.7 Å². The van der Waals surface area contributed by atoms with Crippen LogP contribution in [0.4, 0.5) is 0 Å². The van der Waals surface area contributed by atoms with Crippen LogP contribution in [0, 0.1) is 0 Å². The van der Waals surface area contributed by atoms with Gasteiger partial charge in [0.05, 0.1) is 12.2 Å². The Morgan fingerprint density at radius 2 is 1.77 bits per heavy atom. The molecule has 0 fully saturated rings. The highest BCUT2D eigenvalue weighted by Gasteiger charge is 2.39. The summed E-state index contributed by atoms with van der Waals surface area (Å²) in [6.45, 7) is 2.37. The van der Waals surface area contributed by atoms with Gasteiger partial charge in [-0.2, -0.15) is 0 Å². The van der Waals surface area contributed by atoms with E-state index in [9.17, 15) is 9.59 Å². The van der Waals surface area contributed by atoms with Crippen molar-refractivity contribution in [1.82, 2.24) is 5.32 Å². The number of ether oxygens (including phenoxy) is 3. The van der Waals surface area contributed by atoms with E-state index in [0.717, 1.165) is 51.0 Å². The van der Waals surface area contributed by atoms with Crippen LogP contribution < -0.4 is 14.8 Å². The maximum atomic E-state index is 13.5. The second-order valence-electron chi connectivity index (χ2n) is 9.94. The smallest absolute Gasteiger partial charge is 0.336 e. The van der Waals surface area contributed by atoms with E-state index in [1.54, 1.807) is 0 Å². The third-order valence-corrected chi connectivity index (χ3v) is 8.14. The summed E-state index contributed by atoms with van der Waals surface area (Å²) in [5.41, 5.74) is 6.76. The Morgan fingerprint density at radius 1 is 1.03 bits per heavy atom. The normalized spacial score (nSPS) is 18.1. The largest absolute Gasteiger partial charge is 0.462 e. The van der Waals surface area contributed by atoms with Crippen LogP contribution in [0.3, 0.4) is 0 Å². The van der Waals surface area contributed by atoms with Crippen molar-refractivity contribution in [1.29, 1.82) is 0 Å². The topological polar surface area (TPSA) is 73.9 Å². The molecule has 0 spiro atoms. The van der Waals surface area contributed by atoms with Crippen LogP contribution >= 0.6 is 15.9 Å². The molecular formula is C32H28BrNO5. The number of nitrogens with one attached hydrogen (secondary N) is 1. The highest BCUT2D eigenvalue weighted by Crippen LogP contribution is 2.44. The van der Waals surface area contributed by atoms with Crippen molar-refractivity contribution < 1.29 is 23.8 Å². The molecule has 0 amide bonds. The first kappa shape index (κ1) is 25.4. The van der Waals surface area contributed by atoms with Gasteiger partial charge in [0.2, 0.25) is 6.79 Å². The lowest BCUT2D eigenvalue weighted by atomic mass is 9.75. The Morgan fingerprint density at radius 3 is 2.54 bits per heavy atom. The zero-order valence-corrected chi connectivity index (χ0v) is 23.2. The molecule has 1 atom stereocenters. The third-order valence-electron chi connectivity index (χ3n) is 7.48. The van der Waals surface area contributed by atoms with Crippen molar-refractivity contribution >= 4 is 27.7 Å². The molecule has 3 aromatic rings. The van der Waals surface area contributed by atoms with E-state index in [-0.39, 0.29) is 19.2 Å². The predicted octanol–water partition coefficient (Wildman–Crippen LogP) is 6.60. The van der Waals surface area contributed by atoms with Crippen LogP contribution in [-0.2, 0) is 20.7 Å². The number of Topliss-reactive ketones (excluding diaryl/α,β-unsaturated/α-hetero) is 1. The lowest BCUT2D eigenvalue weighted by molar-refractivity contribution is -0.139. The number of carbonyl (C=O) groups excluding carboxylic acids is 2. The molecule has 0 saturated carbocycles. The van der Waals surface area contributed by atoms with Crippen LogP contribution in [0.25, 0.3) is 11.1 Å². The van der Waals surface area contributed by atoms with Gasteiger partial charge in [0, 0.05) is 40.2 Å². The Hall–Kier alpha value is -3.84. The minimum absolute atomic E-state index is 0.0819. The molecule has 0 saturated heterocycles. The molecule has 198 valence electrons. The molecule has 3 aromatic carbocycles.